The summed E-state index contributed by atoms with van der Waals surface area (Å²) in [5, 5.41) is 23.4. The highest BCUT2D eigenvalue weighted by atomic mass is 16.6. The number of rotatable bonds is 4. The molecule has 0 spiro atoms. The van der Waals surface area contributed by atoms with Crippen LogP contribution in [0.4, 0.5) is 11.6 Å². The Bertz CT molecular complexity index is 542. The van der Waals surface area contributed by atoms with Crippen molar-refractivity contribution < 1.29 is 14.8 Å². The first-order valence-electron chi connectivity index (χ1n) is 6.53. The molecule has 0 radical (unpaired) electrons. The number of imidazole rings is 1. The van der Waals surface area contributed by atoms with E-state index >= 15 is 0 Å². The molecule has 0 saturated heterocycles. The summed E-state index contributed by atoms with van der Waals surface area (Å²) >= 11 is 0. The second kappa shape index (κ2) is 5.10. The number of carbonyl (C=O) groups is 1. The van der Waals surface area contributed by atoms with Crippen LogP contribution in [0.1, 0.15) is 32.6 Å². The summed E-state index contributed by atoms with van der Waals surface area (Å²) < 4.78 is 1.45. The lowest BCUT2D eigenvalue weighted by atomic mass is 9.76. The maximum atomic E-state index is 11.7. The second-order valence-electron chi connectivity index (χ2n) is 5.50. The lowest BCUT2D eigenvalue weighted by Gasteiger charge is -2.37. The van der Waals surface area contributed by atoms with Crippen molar-refractivity contribution in [3.8, 4) is 0 Å². The number of aliphatic carboxylic acids is 1. The summed E-state index contributed by atoms with van der Waals surface area (Å²) in [5.74, 6) is -0.906. The molecule has 8 heteroatoms. The lowest BCUT2D eigenvalue weighted by Crippen LogP contribution is -2.50. The first kappa shape index (κ1) is 14.3. The summed E-state index contributed by atoms with van der Waals surface area (Å²) in [6.45, 7) is 2.00. The monoisotopic (exact) mass is 282 g/mol. The number of nitrogens with one attached hydrogen (secondary N) is 1. The fourth-order valence-electron chi connectivity index (χ4n) is 2.83. The van der Waals surface area contributed by atoms with E-state index < -0.39 is 16.4 Å². The summed E-state index contributed by atoms with van der Waals surface area (Å²) in [5.41, 5.74) is -1.16. The van der Waals surface area contributed by atoms with Crippen molar-refractivity contribution in [3.63, 3.8) is 0 Å². The topological polar surface area (TPSA) is 110 Å². The highest BCUT2D eigenvalue weighted by Crippen LogP contribution is 2.37. The fourth-order valence-corrected chi connectivity index (χ4v) is 2.83. The number of carboxylic acid groups (broad SMARTS) is 1. The zero-order valence-electron chi connectivity index (χ0n) is 11.5. The largest absolute Gasteiger partial charge is 0.480 e. The maximum Gasteiger partial charge on any atom is 0.406 e. The summed E-state index contributed by atoms with van der Waals surface area (Å²) in [6, 6.07) is 0. The van der Waals surface area contributed by atoms with E-state index in [0.717, 1.165) is 12.8 Å². The van der Waals surface area contributed by atoms with Gasteiger partial charge in [0.25, 0.3) is 0 Å². The van der Waals surface area contributed by atoms with Gasteiger partial charge in [0.05, 0.1) is 0 Å². The van der Waals surface area contributed by atoms with Crippen molar-refractivity contribution in [2.75, 3.05) is 5.32 Å². The Morgan fingerprint density at radius 3 is 2.95 bits per heavy atom. The molecule has 0 aliphatic heterocycles. The van der Waals surface area contributed by atoms with Gasteiger partial charge in [0, 0.05) is 7.05 Å². The van der Waals surface area contributed by atoms with E-state index in [9.17, 15) is 20.0 Å². The highest BCUT2D eigenvalue weighted by Gasteiger charge is 2.44. The zero-order valence-corrected chi connectivity index (χ0v) is 11.5. The van der Waals surface area contributed by atoms with Crippen LogP contribution in [-0.2, 0) is 11.8 Å². The molecule has 20 heavy (non-hydrogen) atoms. The summed E-state index contributed by atoms with van der Waals surface area (Å²) in [7, 11) is 1.60. The summed E-state index contributed by atoms with van der Waals surface area (Å²) in [4.78, 5) is 25.7. The van der Waals surface area contributed by atoms with Gasteiger partial charge in [0.15, 0.2) is 0 Å². The third-order valence-corrected chi connectivity index (χ3v) is 3.86. The van der Waals surface area contributed by atoms with Crippen molar-refractivity contribution in [3.05, 3.63) is 16.4 Å². The standard InChI is InChI=1S/C12H18N4O4/c1-8-4-3-5-12(6-8,11(17)18)14-10-9(16(19)20)13-7-15(10)2/h7-8,14H,3-6H2,1-2H3,(H,17,18). The third-order valence-electron chi connectivity index (χ3n) is 3.86. The normalized spacial score (nSPS) is 26.2. The third kappa shape index (κ3) is 2.45. The van der Waals surface area contributed by atoms with Crippen molar-refractivity contribution in [2.24, 2.45) is 13.0 Å². The zero-order chi connectivity index (χ0) is 14.9. The van der Waals surface area contributed by atoms with Crippen LogP contribution in [0.25, 0.3) is 0 Å². The van der Waals surface area contributed by atoms with Crippen LogP contribution < -0.4 is 5.32 Å². The van der Waals surface area contributed by atoms with Gasteiger partial charge in [-0.3, -0.25) is 4.57 Å². The Morgan fingerprint density at radius 1 is 1.70 bits per heavy atom. The molecular weight excluding hydrogens is 264 g/mol. The SMILES string of the molecule is CC1CCCC(Nc2c([N+](=O)[O-])ncn2C)(C(=O)O)C1. The van der Waals surface area contributed by atoms with E-state index in [1.165, 1.54) is 10.9 Å². The Balaban J connectivity index is 2.36. The predicted molar refractivity (Wildman–Crippen MR) is 71.5 cm³/mol. The van der Waals surface area contributed by atoms with Crippen molar-refractivity contribution in [2.45, 2.75) is 38.1 Å². The van der Waals surface area contributed by atoms with Gasteiger partial charge in [-0.2, -0.15) is 0 Å². The number of hydrogen-bond acceptors (Lipinski definition) is 5. The molecule has 2 N–H and O–H groups in total. The van der Waals surface area contributed by atoms with E-state index in [-0.39, 0.29) is 17.6 Å². The molecule has 8 nitrogen and oxygen atoms in total. The van der Waals surface area contributed by atoms with Gasteiger partial charge in [-0.25, -0.2) is 4.79 Å². The molecule has 2 unspecified atom stereocenters. The van der Waals surface area contributed by atoms with E-state index in [2.05, 4.69) is 10.3 Å². The van der Waals surface area contributed by atoms with E-state index in [1.54, 1.807) is 7.05 Å². The van der Waals surface area contributed by atoms with Crippen LogP contribution in [0.2, 0.25) is 0 Å². The number of nitro groups is 1. The number of anilines is 1. The quantitative estimate of drug-likeness (QED) is 0.643. The Labute approximate surface area is 116 Å². The molecule has 0 bridgehead atoms. The molecule has 1 aromatic rings. The van der Waals surface area contributed by atoms with E-state index in [1.807, 2.05) is 6.92 Å². The van der Waals surface area contributed by atoms with Crippen LogP contribution in [-0.4, -0.2) is 31.1 Å². The van der Waals surface area contributed by atoms with E-state index in [0.29, 0.717) is 12.8 Å². The Kier molecular flexibility index (Phi) is 3.65. The average molecular weight is 282 g/mol. The smallest absolute Gasteiger partial charge is 0.406 e. The van der Waals surface area contributed by atoms with Gasteiger partial charge < -0.3 is 20.5 Å². The molecule has 110 valence electrons. The minimum absolute atomic E-state index is 0.145. The first-order valence-corrected chi connectivity index (χ1v) is 6.53. The first-order chi connectivity index (χ1) is 9.35. The van der Waals surface area contributed by atoms with Gasteiger partial charge in [0.2, 0.25) is 12.1 Å². The minimum atomic E-state index is -1.16. The molecule has 2 rings (SSSR count). The lowest BCUT2D eigenvalue weighted by molar-refractivity contribution is -0.388. The summed E-state index contributed by atoms with van der Waals surface area (Å²) in [6.07, 6.45) is 3.97. The van der Waals surface area contributed by atoms with Gasteiger partial charge in [-0.15, -0.1) is 0 Å². The maximum absolute atomic E-state index is 11.7. The van der Waals surface area contributed by atoms with Gasteiger partial charge in [-0.1, -0.05) is 19.8 Å². The molecule has 1 aromatic heterocycles. The van der Waals surface area contributed by atoms with Gasteiger partial charge in [-0.05, 0) is 28.7 Å². The second-order valence-corrected chi connectivity index (χ2v) is 5.50. The predicted octanol–water partition coefficient (Wildman–Crippen LogP) is 1.77. The molecule has 1 fully saturated rings. The molecule has 0 amide bonds. The molecule has 1 aliphatic carbocycles. The number of aryl methyl sites for hydroxylation is 1. The van der Waals surface area contributed by atoms with Crippen LogP contribution in [0, 0.1) is 16.0 Å². The van der Waals surface area contributed by atoms with Crippen molar-refractivity contribution in [1.29, 1.82) is 0 Å². The highest BCUT2D eigenvalue weighted by molar-refractivity contribution is 5.83. The Morgan fingerprint density at radius 2 is 2.40 bits per heavy atom. The van der Waals surface area contributed by atoms with Crippen LogP contribution in [0.5, 0.6) is 0 Å². The number of carboxylic acids is 1. The van der Waals surface area contributed by atoms with Crippen LogP contribution in [0.15, 0.2) is 6.33 Å². The van der Waals surface area contributed by atoms with Crippen LogP contribution >= 0.6 is 0 Å². The van der Waals surface area contributed by atoms with Gasteiger partial charge >= 0.3 is 11.8 Å². The average Bonchev–Trinajstić information content (AvgIpc) is 2.71. The molecule has 1 aliphatic rings. The number of aromatic nitrogens is 2. The van der Waals surface area contributed by atoms with Crippen molar-refractivity contribution in [1.82, 2.24) is 9.55 Å². The van der Waals surface area contributed by atoms with E-state index in [4.69, 9.17) is 0 Å². The molecule has 1 heterocycles. The van der Waals surface area contributed by atoms with Gasteiger partial charge in [0.1, 0.15) is 5.54 Å². The molecular formula is C12H18N4O4. The molecule has 2 atom stereocenters. The van der Waals surface area contributed by atoms with Crippen LogP contribution in [0.3, 0.4) is 0 Å². The molecule has 0 aromatic carbocycles. The fraction of sp³-hybridized carbons (Fsp3) is 0.667. The Hall–Kier alpha value is -2.12. The molecule has 1 saturated carbocycles. The number of hydrogen-bond donors (Lipinski definition) is 2. The number of nitrogens with zero attached hydrogens (tertiary/aromatic N) is 3. The van der Waals surface area contributed by atoms with Crippen molar-refractivity contribution >= 4 is 17.6 Å². The minimum Gasteiger partial charge on any atom is -0.480 e.